The fourth-order valence-corrected chi connectivity index (χ4v) is 3.20. The molecule has 1 aromatic rings. The second-order valence-electron chi connectivity index (χ2n) is 7.21. The number of nitrogens with zero attached hydrogens (tertiary/aromatic N) is 1. The van der Waals surface area contributed by atoms with Gasteiger partial charge in [0, 0.05) is 24.9 Å². The zero-order valence-electron chi connectivity index (χ0n) is 14.6. The van der Waals surface area contributed by atoms with Gasteiger partial charge in [0.2, 0.25) is 11.8 Å². The van der Waals surface area contributed by atoms with Crippen LogP contribution in [-0.2, 0) is 15.0 Å². The molecule has 1 heterocycles. The summed E-state index contributed by atoms with van der Waals surface area (Å²) in [5.41, 5.74) is 1.88. The fraction of sp³-hybridized carbons (Fsp3) is 0.556. The molecule has 0 bridgehead atoms. The number of alkyl halides is 3. The highest BCUT2D eigenvalue weighted by molar-refractivity contribution is 5.89. The van der Waals surface area contributed by atoms with E-state index in [1.165, 1.54) is 0 Å². The monoisotopic (exact) mass is 356 g/mol. The fourth-order valence-electron chi connectivity index (χ4n) is 3.20. The van der Waals surface area contributed by atoms with E-state index in [1.807, 2.05) is 45.0 Å². The van der Waals surface area contributed by atoms with Gasteiger partial charge in [-0.25, -0.2) is 0 Å². The summed E-state index contributed by atoms with van der Waals surface area (Å²) in [6, 6.07) is 7.85. The second-order valence-corrected chi connectivity index (χ2v) is 7.21. The van der Waals surface area contributed by atoms with Crippen LogP contribution in [0.3, 0.4) is 0 Å². The predicted molar refractivity (Wildman–Crippen MR) is 88.0 cm³/mol. The maximum absolute atomic E-state index is 12.4. The summed E-state index contributed by atoms with van der Waals surface area (Å²) in [5.74, 6) is -1.74. The number of amides is 2. The quantitative estimate of drug-likeness (QED) is 0.882. The molecule has 0 aliphatic carbocycles. The maximum atomic E-state index is 12.4. The van der Waals surface area contributed by atoms with Crippen LogP contribution < -0.4 is 5.32 Å². The molecule has 0 unspecified atom stereocenters. The number of rotatable bonds is 5. The molecule has 2 amide bonds. The summed E-state index contributed by atoms with van der Waals surface area (Å²) >= 11 is 0. The van der Waals surface area contributed by atoms with E-state index >= 15 is 0 Å². The Morgan fingerprint density at radius 1 is 1.28 bits per heavy atom. The van der Waals surface area contributed by atoms with Crippen molar-refractivity contribution < 1.29 is 22.8 Å². The lowest BCUT2D eigenvalue weighted by Gasteiger charge is -2.28. The van der Waals surface area contributed by atoms with Crippen molar-refractivity contribution in [3.8, 4) is 0 Å². The first-order chi connectivity index (χ1) is 11.5. The minimum atomic E-state index is -4.45. The number of hydrogen-bond acceptors (Lipinski definition) is 2. The maximum Gasteiger partial charge on any atom is 0.406 e. The van der Waals surface area contributed by atoms with Crippen LogP contribution in [0.15, 0.2) is 24.3 Å². The molecule has 0 aromatic heterocycles. The first-order valence-electron chi connectivity index (χ1n) is 8.18. The molecule has 0 spiro atoms. The molecular formula is C18H23F3N2O2. The van der Waals surface area contributed by atoms with Crippen LogP contribution >= 0.6 is 0 Å². The number of benzene rings is 1. The first-order valence-corrected chi connectivity index (χ1v) is 8.18. The molecular weight excluding hydrogens is 333 g/mol. The number of hydrogen-bond donors (Lipinski definition) is 1. The van der Waals surface area contributed by atoms with Crippen LogP contribution in [0.4, 0.5) is 13.2 Å². The van der Waals surface area contributed by atoms with Gasteiger partial charge in [-0.05, 0) is 18.1 Å². The van der Waals surface area contributed by atoms with Crippen molar-refractivity contribution in [2.45, 2.75) is 38.8 Å². The van der Waals surface area contributed by atoms with Gasteiger partial charge in [0.15, 0.2) is 0 Å². The molecule has 1 fully saturated rings. The number of nitrogens with one attached hydrogen (secondary N) is 1. The lowest BCUT2D eigenvalue weighted by atomic mass is 9.82. The van der Waals surface area contributed by atoms with Crippen molar-refractivity contribution in [3.63, 3.8) is 0 Å². The Hall–Kier alpha value is -2.05. The third kappa shape index (κ3) is 4.96. The minimum Gasteiger partial charge on any atom is -0.355 e. The number of carbonyl (C=O) groups is 2. The molecule has 1 aliphatic rings. The smallest absolute Gasteiger partial charge is 0.355 e. The molecule has 138 valence electrons. The number of likely N-dealkylation sites (tertiary alicyclic amines) is 1. The lowest BCUT2D eigenvalue weighted by Crippen LogP contribution is -2.41. The van der Waals surface area contributed by atoms with E-state index in [4.69, 9.17) is 0 Å². The van der Waals surface area contributed by atoms with Crippen LogP contribution in [0, 0.1) is 12.8 Å². The highest BCUT2D eigenvalue weighted by Gasteiger charge is 2.40. The number of carbonyl (C=O) groups excluding carboxylic acids is 2. The number of aryl methyl sites for hydroxylation is 1. The zero-order valence-corrected chi connectivity index (χ0v) is 14.6. The Balaban J connectivity index is 1.95. The van der Waals surface area contributed by atoms with Crippen molar-refractivity contribution in [1.29, 1.82) is 0 Å². The minimum absolute atomic E-state index is 0.174. The van der Waals surface area contributed by atoms with Gasteiger partial charge in [-0.3, -0.25) is 9.59 Å². The third-order valence-electron chi connectivity index (χ3n) is 4.53. The zero-order chi connectivity index (χ0) is 18.8. The molecule has 1 aromatic carbocycles. The van der Waals surface area contributed by atoms with Crippen molar-refractivity contribution in [2.24, 2.45) is 5.92 Å². The van der Waals surface area contributed by atoms with Crippen molar-refractivity contribution in [3.05, 3.63) is 35.4 Å². The molecule has 1 N–H and O–H groups in total. The predicted octanol–water partition coefficient (Wildman–Crippen LogP) is 2.80. The molecule has 1 aliphatic heterocycles. The van der Waals surface area contributed by atoms with E-state index in [2.05, 4.69) is 5.32 Å². The summed E-state index contributed by atoms with van der Waals surface area (Å²) in [6.45, 7) is 4.83. The van der Waals surface area contributed by atoms with Gasteiger partial charge in [0.1, 0.15) is 6.54 Å². The van der Waals surface area contributed by atoms with Gasteiger partial charge >= 0.3 is 6.18 Å². The van der Waals surface area contributed by atoms with Crippen LogP contribution in [0.2, 0.25) is 0 Å². The summed E-state index contributed by atoms with van der Waals surface area (Å²) < 4.78 is 37.3. The van der Waals surface area contributed by atoms with Gasteiger partial charge < -0.3 is 10.2 Å². The van der Waals surface area contributed by atoms with E-state index in [0.717, 1.165) is 11.1 Å². The van der Waals surface area contributed by atoms with E-state index < -0.39 is 24.5 Å². The second kappa shape index (κ2) is 7.06. The summed E-state index contributed by atoms with van der Waals surface area (Å²) in [5, 5.41) is 2.80. The van der Waals surface area contributed by atoms with Crippen molar-refractivity contribution >= 4 is 11.8 Å². The van der Waals surface area contributed by atoms with Crippen molar-refractivity contribution in [1.82, 2.24) is 10.2 Å². The van der Waals surface area contributed by atoms with Crippen molar-refractivity contribution in [2.75, 3.05) is 19.6 Å². The Morgan fingerprint density at radius 2 is 1.92 bits per heavy atom. The summed E-state index contributed by atoms with van der Waals surface area (Å²) in [6.07, 6.45) is -4.62. The Morgan fingerprint density at radius 3 is 2.52 bits per heavy atom. The molecule has 1 atom stereocenters. The van der Waals surface area contributed by atoms with Crippen LogP contribution in [0.25, 0.3) is 0 Å². The van der Waals surface area contributed by atoms with E-state index in [9.17, 15) is 22.8 Å². The largest absolute Gasteiger partial charge is 0.406 e. The summed E-state index contributed by atoms with van der Waals surface area (Å²) in [7, 11) is 0. The van der Waals surface area contributed by atoms with E-state index in [0.29, 0.717) is 11.4 Å². The highest BCUT2D eigenvalue weighted by Crippen LogP contribution is 2.27. The molecule has 4 nitrogen and oxygen atoms in total. The number of halogens is 3. The Labute approximate surface area is 145 Å². The Kier molecular flexibility index (Phi) is 5.44. The molecule has 25 heavy (non-hydrogen) atoms. The first kappa shape index (κ1) is 19.3. The van der Waals surface area contributed by atoms with E-state index in [-0.39, 0.29) is 24.3 Å². The van der Waals surface area contributed by atoms with Gasteiger partial charge in [0.25, 0.3) is 0 Å². The van der Waals surface area contributed by atoms with Crippen LogP contribution in [0.5, 0.6) is 0 Å². The van der Waals surface area contributed by atoms with Gasteiger partial charge in [-0.15, -0.1) is 0 Å². The van der Waals surface area contributed by atoms with Gasteiger partial charge in [-0.2, -0.15) is 13.2 Å². The molecule has 2 rings (SSSR count). The average molecular weight is 356 g/mol. The Bertz CT molecular complexity index is 656. The van der Waals surface area contributed by atoms with Gasteiger partial charge in [-0.1, -0.05) is 38.1 Å². The third-order valence-corrected chi connectivity index (χ3v) is 4.53. The van der Waals surface area contributed by atoms with Crippen LogP contribution in [0.1, 0.15) is 31.4 Å². The van der Waals surface area contributed by atoms with Crippen LogP contribution in [-0.4, -0.2) is 42.5 Å². The van der Waals surface area contributed by atoms with Gasteiger partial charge in [0.05, 0.1) is 5.92 Å². The molecule has 1 saturated heterocycles. The SMILES string of the molecule is Cc1ccccc1C(C)(C)CNC(=O)[C@@H]1CC(=O)N(CC(F)(F)F)C1. The molecule has 0 radical (unpaired) electrons. The standard InChI is InChI=1S/C18H23F3N2O2/c1-12-6-4-5-7-14(12)17(2,3)10-22-16(25)13-8-15(24)23(9-13)11-18(19,20)21/h4-7,13H,8-11H2,1-3H3,(H,22,25)/t13-/m1/s1. The average Bonchev–Trinajstić information content (AvgIpc) is 2.84. The molecule has 0 saturated carbocycles. The molecule has 7 heteroatoms. The highest BCUT2D eigenvalue weighted by atomic mass is 19.4. The summed E-state index contributed by atoms with van der Waals surface area (Å²) in [4.78, 5) is 24.7. The normalized spacial score (nSPS) is 18.6. The lowest BCUT2D eigenvalue weighted by molar-refractivity contribution is -0.157. The van der Waals surface area contributed by atoms with E-state index in [1.54, 1.807) is 0 Å². The topological polar surface area (TPSA) is 49.4 Å².